The van der Waals surface area contributed by atoms with Gasteiger partial charge in [-0.15, -0.1) is 11.6 Å². The molecule has 3 N–H and O–H groups in total. The van der Waals surface area contributed by atoms with Gasteiger partial charge in [-0.2, -0.15) is 0 Å². The van der Waals surface area contributed by atoms with Crippen molar-refractivity contribution in [3.63, 3.8) is 0 Å². The van der Waals surface area contributed by atoms with Gasteiger partial charge in [-0.3, -0.25) is 0 Å². The monoisotopic (exact) mass is 481 g/mol. The predicted octanol–water partition coefficient (Wildman–Crippen LogP) is 3.78. The summed E-state index contributed by atoms with van der Waals surface area (Å²) in [6.45, 7) is 2.28. The second-order valence-corrected chi connectivity index (χ2v) is 9.53. The molecule has 0 spiro atoms. The third kappa shape index (κ3) is 6.38. The third-order valence-electron chi connectivity index (χ3n) is 3.91. The molecule has 160 valence electrons. The summed E-state index contributed by atoms with van der Waals surface area (Å²) in [4.78, 5) is -0.0155. The van der Waals surface area contributed by atoms with Crippen molar-refractivity contribution in [2.24, 2.45) is 11.7 Å². The summed E-state index contributed by atoms with van der Waals surface area (Å²) in [6.07, 6.45) is -0.796. The van der Waals surface area contributed by atoms with Crippen molar-refractivity contribution in [2.75, 3.05) is 25.6 Å². The summed E-state index contributed by atoms with van der Waals surface area (Å²) < 4.78 is 36.7. The molecule has 2 atom stereocenters. The number of sulfone groups is 1. The van der Waals surface area contributed by atoms with Gasteiger partial charge in [-0.25, -0.2) is 8.42 Å². The zero-order chi connectivity index (χ0) is 21.6. The van der Waals surface area contributed by atoms with Crippen LogP contribution in [0, 0.1) is 5.92 Å². The molecule has 0 amide bonds. The Hall–Kier alpha value is -1.22. The minimum absolute atomic E-state index is 0.0115. The SMILES string of the molecule is CC(CCl)COc1c(Cl)cc(S(=O)(=O)c2ccc(OCC(O)CN)cc2)cc1Cl. The van der Waals surface area contributed by atoms with Gasteiger partial charge in [0.2, 0.25) is 9.84 Å². The average Bonchev–Trinajstić information content (AvgIpc) is 2.71. The van der Waals surface area contributed by atoms with E-state index >= 15 is 0 Å². The largest absolute Gasteiger partial charge is 0.491 e. The molecule has 0 aliphatic rings. The summed E-state index contributed by atoms with van der Waals surface area (Å²) in [5.41, 5.74) is 5.31. The van der Waals surface area contributed by atoms with E-state index in [-0.39, 0.29) is 44.7 Å². The summed E-state index contributed by atoms with van der Waals surface area (Å²) in [5, 5.41) is 9.60. The Morgan fingerprint density at radius 3 is 2.14 bits per heavy atom. The standard InChI is InChI=1S/C19H22Cl3NO5S/c1-12(8-20)10-28-19-17(21)6-16(7-18(19)22)29(25,26)15-4-2-14(3-5-15)27-11-13(24)9-23/h2-7,12-13,24H,8-11,23H2,1H3. The highest BCUT2D eigenvalue weighted by Crippen LogP contribution is 2.37. The normalized spacial score (nSPS) is 13.7. The molecule has 2 aromatic carbocycles. The number of aliphatic hydroxyl groups is 1. The van der Waals surface area contributed by atoms with Crippen LogP contribution in [-0.4, -0.2) is 45.3 Å². The molecule has 0 saturated carbocycles. The molecule has 0 radical (unpaired) electrons. The van der Waals surface area contributed by atoms with Crippen LogP contribution in [0.3, 0.4) is 0 Å². The summed E-state index contributed by atoms with van der Waals surface area (Å²) in [6, 6.07) is 8.37. The molecule has 0 aliphatic heterocycles. The first-order valence-corrected chi connectivity index (χ1v) is 11.5. The Bertz CT molecular complexity index is 899. The molecule has 2 rings (SSSR count). The van der Waals surface area contributed by atoms with Gasteiger partial charge in [0.25, 0.3) is 0 Å². The number of hydrogen-bond donors (Lipinski definition) is 2. The summed E-state index contributed by atoms with van der Waals surface area (Å²) in [7, 11) is -3.86. The Morgan fingerprint density at radius 1 is 1.03 bits per heavy atom. The topological polar surface area (TPSA) is 98.9 Å². The second-order valence-electron chi connectivity index (χ2n) is 6.46. The molecule has 0 heterocycles. The van der Waals surface area contributed by atoms with Crippen LogP contribution in [0.5, 0.6) is 11.5 Å². The van der Waals surface area contributed by atoms with Crippen molar-refractivity contribution in [1.29, 1.82) is 0 Å². The van der Waals surface area contributed by atoms with E-state index in [4.69, 9.17) is 50.0 Å². The van der Waals surface area contributed by atoms with Gasteiger partial charge in [0.1, 0.15) is 18.5 Å². The molecule has 0 bridgehead atoms. The van der Waals surface area contributed by atoms with Gasteiger partial charge in [0.15, 0.2) is 5.75 Å². The fraction of sp³-hybridized carbons (Fsp3) is 0.368. The van der Waals surface area contributed by atoms with Crippen molar-refractivity contribution in [2.45, 2.75) is 22.8 Å². The van der Waals surface area contributed by atoms with Crippen molar-refractivity contribution >= 4 is 44.6 Å². The Balaban J connectivity index is 2.22. The van der Waals surface area contributed by atoms with Crippen LogP contribution in [0.15, 0.2) is 46.2 Å². The van der Waals surface area contributed by atoms with Crippen LogP contribution in [0.4, 0.5) is 0 Å². The highest BCUT2D eigenvalue weighted by molar-refractivity contribution is 7.91. The first-order valence-electron chi connectivity index (χ1n) is 8.73. The molecule has 2 aromatic rings. The lowest BCUT2D eigenvalue weighted by Gasteiger charge is -2.15. The Labute approximate surface area is 185 Å². The van der Waals surface area contributed by atoms with Gasteiger partial charge in [0, 0.05) is 18.3 Å². The molecule has 0 fully saturated rings. The van der Waals surface area contributed by atoms with Crippen molar-refractivity contribution < 1.29 is 23.0 Å². The first kappa shape index (κ1) is 24.1. The Morgan fingerprint density at radius 2 is 1.62 bits per heavy atom. The quantitative estimate of drug-likeness (QED) is 0.500. The molecule has 0 saturated heterocycles. The number of alkyl halides is 1. The smallest absolute Gasteiger partial charge is 0.206 e. The van der Waals surface area contributed by atoms with Crippen LogP contribution >= 0.6 is 34.8 Å². The fourth-order valence-electron chi connectivity index (χ4n) is 2.21. The van der Waals surface area contributed by atoms with Crippen molar-refractivity contribution in [1.82, 2.24) is 0 Å². The zero-order valence-corrected chi connectivity index (χ0v) is 18.7. The zero-order valence-electron chi connectivity index (χ0n) is 15.6. The van der Waals surface area contributed by atoms with E-state index in [2.05, 4.69) is 0 Å². The lowest BCUT2D eigenvalue weighted by Crippen LogP contribution is -2.26. The second kappa shape index (κ2) is 10.7. The van der Waals surface area contributed by atoms with E-state index in [1.807, 2.05) is 6.92 Å². The number of benzene rings is 2. The van der Waals surface area contributed by atoms with Gasteiger partial charge in [-0.1, -0.05) is 30.1 Å². The van der Waals surface area contributed by atoms with Crippen LogP contribution in [0.2, 0.25) is 10.0 Å². The maximum atomic E-state index is 12.9. The number of nitrogens with two attached hydrogens (primary N) is 1. The first-order chi connectivity index (χ1) is 13.7. The summed E-state index contributed by atoms with van der Waals surface area (Å²) in [5.74, 6) is 1.11. The maximum absolute atomic E-state index is 12.9. The van der Waals surface area contributed by atoms with E-state index in [9.17, 15) is 13.5 Å². The number of ether oxygens (including phenoxy) is 2. The van der Waals surface area contributed by atoms with Crippen molar-refractivity contribution in [3.8, 4) is 11.5 Å². The molecular weight excluding hydrogens is 461 g/mol. The number of halogens is 3. The molecule has 0 aromatic heterocycles. The van der Waals surface area contributed by atoms with Gasteiger partial charge in [-0.05, 0) is 36.4 Å². The summed E-state index contributed by atoms with van der Waals surface area (Å²) >= 11 is 18.2. The van der Waals surface area contributed by atoms with Gasteiger partial charge < -0.3 is 20.3 Å². The molecule has 2 unspecified atom stereocenters. The van der Waals surface area contributed by atoms with E-state index in [0.717, 1.165) is 0 Å². The minimum atomic E-state index is -3.86. The molecule has 0 aliphatic carbocycles. The predicted molar refractivity (Wildman–Crippen MR) is 114 cm³/mol. The van der Waals surface area contributed by atoms with Crippen LogP contribution in [0.1, 0.15) is 6.92 Å². The number of rotatable bonds is 10. The number of aliphatic hydroxyl groups excluding tert-OH is 1. The van der Waals surface area contributed by atoms with Crippen LogP contribution in [0.25, 0.3) is 0 Å². The Kier molecular flexibility index (Phi) is 8.88. The van der Waals surface area contributed by atoms with Gasteiger partial charge >= 0.3 is 0 Å². The van der Waals surface area contributed by atoms with E-state index < -0.39 is 15.9 Å². The van der Waals surface area contributed by atoms with Gasteiger partial charge in [0.05, 0.1) is 26.4 Å². The molecular formula is C19H22Cl3NO5S. The maximum Gasteiger partial charge on any atom is 0.206 e. The number of hydrogen-bond acceptors (Lipinski definition) is 6. The lowest BCUT2D eigenvalue weighted by molar-refractivity contribution is 0.114. The third-order valence-corrected chi connectivity index (χ3v) is 6.74. The molecule has 6 nitrogen and oxygen atoms in total. The van der Waals surface area contributed by atoms with E-state index in [1.54, 1.807) is 0 Å². The highest BCUT2D eigenvalue weighted by Gasteiger charge is 2.22. The highest BCUT2D eigenvalue weighted by atomic mass is 35.5. The van der Waals surface area contributed by atoms with Crippen LogP contribution in [-0.2, 0) is 9.84 Å². The van der Waals surface area contributed by atoms with Crippen molar-refractivity contribution in [3.05, 3.63) is 46.4 Å². The lowest BCUT2D eigenvalue weighted by atomic mass is 10.2. The molecule has 29 heavy (non-hydrogen) atoms. The van der Waals surface area contributed by atoms with E-state index in [0.29, 0.717) is 18.2 Å². The minimum Gasteiger partial charge on any atom is -0.491 e. The molecule has 10 heteroatoms. The van der Waals surface area contributed by atoms with Crippen LogP contribution < -0.4 is 15.2 Å². The average molecular weight is 483 g/mol. The van der Waals surface area contributed by atoms with E-state index in [1.165, 1.54) is 36.4 Å². The fourth-order valence-corrected chi connectivity index (χ4v) is 4.34.